The van der Waals surface area contributed by atoms with E-state index in [0.29, 0.717) is 0 Å². The quantitative estimate of drug-likeness (QED) is 0.917. The fraction of sp³-hybridized carbons (Fsp3) is 0.438. The Morgan fingerprint density at radius 2 is 1.95 bits per heavy atom. The summed E-state index contributed by atoms with van der Waals surface area (Å²) in [5.74, 6) is 0. The molecule has 0 aliphatic carbocycles. The topological polar surface area (TPSA) is 36.4 Å². The van der Waals surface area contributed by atoms with Crippen LogP contribution in [0.3, 0.4) is 0 Å². The van der Waals surface area contributed by atoms with E-state index in [9.17, 15) is 5.11 Å². The highest BCUT2D eigenvalue weighted by Gasteiger charge is 2.22. The zero-order valence-electron chi connectivity index (χ0n) is 11.1. The number of likely N-dealkylation sites (tertiary alicyclic amines) is 1. The summed E-state index contributed by atoms with van der Waals surface area (Å²) in [5, 5.41) is 11.0. The van der Waals surface area contributed by atoms with Crippen molar-refractivity contribution in [2.45, 2.75) is 25.3 Å². The Kier molecular flexibility index (Phi) is 3.76. The molecule has 1 aliphatic heterocycles. The summed E-state index contributed by atoms with van der Waals surface area (Å²) in [6, 6.07) is 10.4. The molecular weight excluding hydrogens is 236 g/mol. The van der Waals surface area contributed by atoms with E-state index in [1.54, 1.807) is 0 Å². The Hall–Kier alpha value is -1.45. The number of fused-ring (bicyclic) bond motifs is 1. The van der Waals surface area contributed by atoms with Gasteiger partial charge in [-0.05, 0) is 43.6 Å². The minimum absolute atomic E-state index is 0.105. The number of aromatic nitrogens is 1. The van der Waals surface area contributed by atoms with Crippen LogP contribution in [0.4, 0.5) is 0 Å². The number of pyridine rings is 1. The Morgan fingerprint density at radius 3 is 2.74 bits per heavy atom. The fourth-order valence-electron chi connectivity index (χ4n) is 3.06. The van der Waals surface area contributed by atoms with Gasteiger partial charge in [-0.2, -0.15) is 0 Å². The summed E-state index contributed by atoms with van der Waals surface area (Å²) >= 11 is 0. The van der Waals surface area contributed by atoms with Gasteiger partial charge in [0.15, 0.2) is 0 Å². The summed E-state index contributed by atoms with van der Waals surface area (Å²) < 4.78 is 0. The third kappa shape index (κ3) is 2.48. The first kappa shape index (κ1) is 12.6. The van der Waals surface area contributed by atoms with Gasteiger partial charge >= 0.3 is 0 Å². The molecule has 0 bridgehead atoms. The molecule has 1 fully saturated rings. The zero-order chi connectivity index (χ0) is 13.1. The van der Waals surface area contributed by atoms with Crippen molar-refractivity contribution in [3.8, 4) is 0 Å². The fourth-order valence-corrected chi connectivity index (χ4v) is 3.06. The lowest BCUT2D eigenvalue weighted by atomic mass is 9.98. The van der Waals surface area contributed by atoms with E-state index in [-0.39, 0.29) is 12.6 Å². The lowest BCUT2D eigenvalue weighted by molar-refractivity contribution is 0.105. The molecule has 1 aromatic carbocycles. The number of piperidine rings is 1. The average molecular weight is 256 g/mol. The van der Waals surface area contributed by atoms with Crippen LogP contribution in [0.2, 0.25) is 0 Å². The van der Waals surface area contributed by atoms with Crippen molar-refractivity contribution in [2.24, 2.45) is 0 Å². The molecule has 1 atom stereocenters. The second-order valence-electron chi connectivity index (χ2n) is 5.21. The summed E-state index contributed by atoms with van der Waals surface area (Å²) in [4.78, 5) is 6.81. The molecule has 1 aliphatic rings. The van der Waals surface area contributed by atoms with Gasteiger partial charge in [0.2, 0.25) is 0 Å². The van der Waals surface area contributed by atoms with Crippen molar-refractivity contribution in [3.63, 3.8) is 0 Å². The zero-order valence-corrected chi connectivity index (χ0v) is 11.1. The van der Waals surface area contributed by atoms with Crippen molar-refractivity contribution in [1.82, 2.24) is 9.88 Å². The second-order valence-corrected chi connectivity index (χ2v) is 5.21. The SMILES string of the molecule is OCC(c1cccc2ncccc12)N1CCCCC1. The molecule has 19 heavy (non-hydrogen) atoms. The number of rotatable bonds is 3. The molecule has 3 rings (SSSR count). The van der Waals surface area contributed by atoms with Crippen molar-refractivity contribution >= 4 is 10.9 Å². The van der Waals surface area contributed by atoms with Gasteiger partial charge in [-0.1, -0.05) is 24.6 Å². The maximum Gasteiger partial charge on any atom is 0.0705 e. The summed E-state index contributed by atoms with van der Waals surface area (Å²) in [6.07, 6.45) is 5.60. The van der Waals surface area contributed by atoms with Gasteiger partial charge in [0.05, 0.1) is 18.2 Å². The third-order valence-electron chi connectivity index (χ3n) is 4.04. The normalized spacial score (nSPS) is 18.6. The lowest BCUT2D eigenvalue weighted by Crippen LogP contribution is -2.35. The van der Waals surface area contributed by atoms with Crippen LogP contribution in [-0.2, 0) is 0 Å². The molecule has 0 radical (unpaired) electrons. The van der Waals surface area contributed by atoms with Crippen molar-refractivity contribution in [1.29, 1.82) is 0 Å². The van der Waals surface area contributed by atoms with Crippen LogP contribution in [0, 0.1) is 0 Å². The molecule has 0 saturated carbocycles. The molecule has 100 valence electrons. The minimum atomic E-state index is 0.105. The highest BCUT2D eigenvalue weighted by Crippen LogP contribution is 2.29. The number of aliphatic hydroxyl groups is 1. The van der Waals surface area contributed by atoms with Gasteiger partial charge in [0.25, 0.3) is 0 Å². The van der Waals surface area contributed by atoms with E-state index in [4.69, 9.17) is 0 Å². The van der Waals surface area contributed by atoms with Crippen LogP contribution in [-0.4, -0.2) is 34.7 Å². The van der Waals surface area contributed by atoms with Crippen molar-refractivity contribution in [2.75, 3.05) is 19.7 Å². The Morgan fingerprint density at radius 1 is 1.11 bits per heavy atom. The van der Waals surface area contributed by atoms with Crippen LogP contribution in [0.15, 0.2) is 36.5 Å². The van der Waals surface area contributed by atoms with E-state index in [0.717, 1.165) is 24.0 Å². The van der Waals surface area contributed by atoms with Crippen LogP contribution in [0.25, 0.3) is 10.9 Å². The molecule has 0 amide bonds. The molecular formula is C16H20N2O. The molecule has 2 aromatic rings. The van der Waals surface area contributed by atoms with E-state index >= 15 is 0 Å². The maximum atomic E-state index is 9.83. The van der Waals surface area contributed by atoms with Crippen LogP contribution in [0.5, 0.6) is 0 Å². The number of hydrogen-bond acceptors (Lipinski definition) is 3. The van der Waals surface area contributed by atoms with Gasteiger partial charge in [-0.25, -0.2) is 0 Å². The number of benzene rings is 1. The third-order valence-corrected chi connectivity index (χ3v) is 4.04. The van der Waals surface area contributed by atoms with Crippen molar-refractivity contribution in [3.05, 3.63) is 42.1 Å². The van der Waals surface area contributed by atoms with E-state index in [2.05, 4.69) is 22.0 Å². The molecule has 0 spiro atoms. The predicted octanol–water partition coefficient (Wildman–Crippen LogP) is 2.75. The van der Waals surface area contributed by atoms with Gasteiger partial charge in [0.1, 0.15) is 0 Å². The number of aliphatic hydroxyl groups excluding tert-OH is 1. The first-order chi connectivity index (χ1) is 9.40. The first-order valence-corrected chi connectivity index (χ1v) is 7.08. The summed E-state index contributed by atoms with van der Waals surface area (Å²) in [6.45, 7) is 2.35. The molecule has 3 heteroatoms. The molecule has 1 saturated heterocycles. The Labute approximate surface area is 113 Å². The lowest BCUT2D eigenvalue weighted by Gasteiger charge is -2.34. The van der Waals surface area contributed by atoms with Crippen LogP contribution < -0.4 is 0 Å². The smallest absolute Gasteiger partial charge is 0.0705 e. The maximum absolute atomic E-state index is 9.83. The van der Waals surface area contributed by atoms with Gasteiger partial charge in [0, 0.05) is 11.6 Å². The Balaban J connectivity index is 2.00. The monoisotopic (exact) mass is 256 g/mol. The molecule has 1 unspecified atom stereocenters. The van der Waals surface area contributed by atoms with Gasteiger partial charge < -0.3 is 5.11 Å². The molecule has 3 nitrogen and oxygen atoms in total. The molecule has 1 aromatic heterocycles. The summed E-state index contributed by atoms with van der Waals surface area (Å²) in [5.41, 5.74) is 2.21. The van der Waals surface area contributed by atoms with Crippen LogP contribution >= 0.6 is 0 Å². The highest BCUT2D eigenvalue weighted by molar-refractivity contribution is 5.82. The van der Waals surface area contributed by atoms with E-state index in [1.165, 1.54) is 24.8 Å². The predicted molar refractivity (Wildman–Crippen MR) is 77.0 cm³/mol. The van der Waals surface area contributed by atoms with E-state index in [1.807, 2.05) is 24.4 Å². The first-order valence-electron chi connectivity index (χ1n) is 7.08. The molecule has 1 N–H and O–H groups in total. The van der Waals surface area contributed by atoms with Crippen molar-refractivity contribution < 1.29 is 5.11 Å². The summed E-state index contributed by atoms with van der Waals surface area (Å²) in [7, 11) is 0. The molecule has 2 heterocycles. The van der Waals surface area contributed by atoms with Gasteiger partial charge in [-0.3, -0.25) is 9.88 Å². The van der Waals surface area contributed by atoms with E-state index < -0.39 is 0 Å². The highest BCUT2D eigenvalue weighted by atomic mass is 16.3. The van der Waals surface area contributed by atoms with Crippen LogP contribution in [0.1, 0.15) is 30.9 Å². The standard InChI is InChI=1S/C16H20N2O/c19-12-16(18-10-2-1-3-11-18)14-6-4-8-15-13(14)7-5-9-17-15/h4-9,16,19H,1-3,10-12H2. The van der Waals surface area contributed by atoms with Gasteiger partial charge in [-0.15, -0.1) is 0 Å². The average Bonchev–Trinajstić information content (AvgIpc) is 2.49. The Bertz CT molecular complexity index is 544. The largest absolute Gasteiger partial charge is 0.394 e. The second kappa shape index (κ2) is 5.68. The number of nitrogens with zero attached hydrogens (tertiary/aromatic N) is 2. The number of hydrogen-bond donors (Lipinski definition) is 1. The minimum Gasteiger partial charge on any atom is -0.394 e.